The number of hydrogen-bond donors (Lipinski definition) is 0. The largest absolute Gasteiger partial charge is 0.279 e. The Morgan fingerprint density at radius 1 is 1.13 bits per heavy atom. The van der Waals surface area contributed by atoms with Crippen molar-refractivity contribution in [3.63, 3.8) is 0 Å². The Morgan fingerprint density at radius 2 is 1.80 bits per heavy atom. The molecule has 0 saturated heterocycles. The van der Waals surface area contributed by atoms with Crippen molar-refractivity contribution in [1.82, 2.24) is 0 Å². The summed E-state index contributed by atoms with van der Waals surface area (Å²) in [7, 11) is 0. The summed E-state index contributed by atoms with van der Waals surface area (Å²) in [6.07, 6.45) is -1.96. The van der Waals surface area contributed by atoms with Crippen molar-refractivity contribution in [3.05, 3.63) is 34.9 Å². The predicted molar refractivity (Wildman–Crippen MR) is 48.3 cm³/mol. The van der Waals surface area contributed by atoms with Crippen LogP contribution >= 0.6 is 0 Å². The first-order valence-corrected chi connectivity index (χ1v) is 4.66. The molecule has 4 heteroatoms. The standard InChI is InChI=1S/C11H10F4/c1-7-2-3-8-5-10(12,13)6-11(14,15)9(8)4-7/h2-4H,5-6H2,1H3. The highest BCUT2D eigenvalue weighted by molar-refractivity contribution is 5.37. The Hall–Kier alpha value is -1.06. The van der Waals surface area contributed by atoms with Crippen LogP contribution in [0.2, 0.25) is 0 Å². The van der Waals surface area contributed by atoms with Crippen molar-refractivity contribution in [3.8, 4) is 0 Å². The zero-order valence-corrected chi connectivity index (χ0v) is 8.16. The molecule has 0 amide bonds. The van der Waals surface area contributed by atoms with Crippen molar-refractivity contribution in [2.24, 2.45) is 0 Å². The van der Waals surface area contributed by atoms with E-state index >= 15 is 0 Å². The van der Waals surface area contributed by atoms with Crippen molar-refractivity contribution in [2.75, 3.05) is 0 Å². The van der Waals surface area contributed by atoms with Crippen molar-refractivity contribution < 1.29 is 17.6 Å². The second kappa shape index (κ2) is 2.97. The Morgan fingerprint density at radius 3 is 2.47 bits per heavy atom. The molecule has 0 nitrogen and oxygen atoms in total. The average Bonchev–Trinajstić information content (AvgIpc) is 2.03. The van der Waals surface area contributed by atoms with E-state index < -0.39 is 24.7 Å². The predicted octanol–water partition coefficient (Wildman–Crippen LogP) is 3.67. The number of alkyl halides is 4. The van der Waals surface area contributed by atoms with Gasteiger partial charge in [0.2, 0.25) is 0 Å². The second-order valence-electron chi connectivity index (χ2n) is 4.07. The van der Waals surface area contributed by atoms with Gasteiger partial charge in [0.15, 0.2) is 0 Å². The van der Waals surface area contributed by atoms with Gasteiger partial charge >= 0.3 is 0 Å². The lowest BCUT2D eigenvalue weighted by Crippen LogP contribution is -2.35. The van der Waals surface area contributed by atoms with E-state index in [1.165, 1.54) is 12.1 Å². The van der Waals surface area contributed by atoms with Crippen molar-refractivity contribution in [2.45, 2.75) is 31.6 Å². The zero-order valence-electron chi connectivity index (χ0n) is 8.16. The lowest BCUT2D eigenvalue weighted by atomic mass is 9.85. The van der Waals surface area contributed by atoms with E-state index in [0.717, 1.165) is 0 Å². The Kier molecular flexibility index (Phi) is 2.07. The first-order valence-electron chi connectivity index (χ1n) is 4.66. The Labute approximate surface area is 84.9 Å². The quantitative estimate of drug-likeness (QED) is 0.583. The topological polar surface area (TPSA) is 0 Å². The molecule has 0 aliphatic heterocycles. The number of hydrogen-bond acceptors (Lipinski definition) is 0. The van der Waals surface area contributed by atoms with E-state index in [2.05, 4.69) is 0 Å². The number of rotatable bonds is 0. The summed E-state index contributed by atoms with van der Waals surface area (Å²) in [5.41, 5.74) is 0.480. The van der Waals surface area contributed by atoms with E-state index in [1.54, 1.807) is 13.0 Å². The first-order chi connectivity index (χ1) is 6.80. The lowest BCUT2D eigenvalue weighted by Gasteiger charge is -2.31. The minimum absolute atomic E-state index is 0.0573. The molecule has 0 unspecified atom stereocenters. The highest BCUT2D eigenvalue weighted by Crippen LogP contribution is 2.46. The van der Waals surface area contributed by atoms with E-state index in [1.807, 2.05) is 0 Å². The molecule has 0 N–H and O–H groups in total. The van der Waals surface area contributed by atoms with Gasteiger partial charge in [0.1, 0.15) is 0 Å². The van der Waals surface area contributed by atoms with Gasteiger partial charge in [-0.2, -0.15) is 0 Å². The molecule has 1 aromatic carbocycles. The fourth-order valence-electron chi connectivity index (χ4n) is 1.95. The van der Waals surface area contributed by atoms with E-state index in [9.17, 15) is 17.6 Å². The highest BCUT2D eigenvalue weighted by atomic mass is 19.3. The molecule has 1 aromatic rings. The van der Waals surface area contributed by atoms with Crippen LogP contribution in [0, 0.1) is 6.92 Å². The highest BCUT2D eigenvalue weighted by Gasteiger charge is 2.50. The first kappa shape index (κ1) is 10.5. The third kappa shape index (κ3) is 1.85. The third-order valence-electron chi connectivity index (χ3n) is 2.59. The van der Waals surface area contributed by atoms with Gasteiger partial charge in [-0.3, -0.25) is 0 Å². The molecule has 82 valence electrons. The maximum atomic E-state index is 13.4. The maximum Gasteiger partial charge on any atom is 0.279 e. The van der Waals surface area contributed by atoms with Gasteiger partial charge in [0, 0.05) is 12.0 Å². The van der Waals surface area contributed by atoms with Gasteiger partial charge in [0.05, 0.1) is 6.42 Å². The Balaban J connectivity index is 2.55. The molecule has 0 radical (unpaired) electrons. The Bertz CT molecular complexity index is 396. The van der Waals surface area contributed by atoms with Gasteiger partial charge in [-0.25, -0.2) is 17.6 Å². The van der Waals surface area contributed by atoms with Crippen LogP contribution in [0.4, 0.5) is 17.6 Å². The number of benzene rings is 1. The number of aryl methyl sites for hydroxylation is 1. The summed E-state index contributed by atoms with van der Waals surface area (Å²) < 4.78 is 52.8. The van der Waals surface area contributed by atoms with Crippen LogP contribution in [0.3, 0.4) is 0 Å². The number of fused-ring (bicyclic) bond motifs is 1. The minimum atomic E-state index is -3.41. The molecule has 0 aromatic heterocycles. The summed E-state index contributed by atoms with van der Waals surface area (Å²) in [6, 6.07) is 4.24. The van der Waals surface area contributed by atoms with E-state index in [0.29, 0.717) is 5.56 Å². The second-order valence-corrected chi connectivity index (χ2v) is 4.07. The molecule has 0 heterocycles. The van der Waals surface area contributed by atoms with Crippen LogP contribution in [0.15, 0.2) is 18.2 Å². The molecular weight excluding hydrogens is 208 g/mol. The fraction of sp³-hybridized carbons (Fsp3) is 0.455. The summed E-state index contributed by atoms with van der Waals surface area (Å²) in [4.78, 5) is 0. The smallest absolute Gasteiger partial charge is 0.206 e. The summed E-state index contributed by atoms with van der Waals surface area (Å²) in [6.45, 7) is 1.67. The van der Waals surface area contributed by atoms with Gasteiger partial charge < -0.3 is 0 Å². The normalized spacial score (nSPS) is 22.2. The van der Waals surface area contributed by atoms with Crippen LogP contribution in [-0.4, -0.2) is 5.92 Å². The molecule has 0 fully saturated rings. The molecule has 0 bridgehead atoms. The molecule has 1 aliphatic rings. The minimum Gasteiger partial charge on any atom is -0.206 e. The van der Waals surface area contributed by atoms with E-state index in [-0.39, 0.29) is 11.1 Å². The van der Waals surface area contributed by atoms with Crippen molar-refractivity contribution in [1.29, 1.82) is 0 Å². The maximum absolute atomic E-state index is 13.4. The van der Waals surface area contributed by atoms with E-state index in [4.69, 9.17) is 0 Å². The lowest BCUT2D eigenvalue weighted by molar-refractivity contribution is -0.126. The third-order valence-corrected chi connectivity index (χ3v) is 2.59. The molecule has 0 saturated carbocycles. The monoisotopic (exact) mass is 218 g/mol. The molecular formula is C11H10F4. The van der Waals surface area contributed by atoms with Crippen LogP contribution in [0.25, 0.3) is 0 Å². The average molecular weight is 218 g/mol. The summed E-state index contributed by atoms with van der Waals surface area (Å²) in [5.74, 6) is -6.71. The molecule has 2 rings (SSSR count). The zero-order chi connectivity index (χ0) is 11.3. The van der Waals surface area contributed by atoms with Gasteiger partial charge in [-0.15, -0.1) is 0 Å². The molecule has 0 spiro atoms. The van der Waals surface area contributed by atoms with Crippen LogP contribution in [-0.2, 0) is 12.3 Å². The summed E-state index contributed by atoms with van der Waals surface area (Å²) in [5, 5.41) is 0. The van der Waals surface area contributed by atoms with Crippen LogP contribution in [0.1, 0.15) is 23.1 Å². The molecule has 0 atom stereocenters. The summed E-state index contributed by atoms with van der Waals surface area (Å²) >= 11 is 0. The number of halogens is 4. The van der Waals surface area contributed by atoms with Gasteiger partial charge in [-0.05, 0) is 18.6 Å². The van der Waals surface area contributed by atoms with Gasteiger partial charge in [0.25, 0.3) is 11.8 Å². The SMILES string of the molecule is Cc1ccc2c(c1)C(F)(F)CC(F)(F)C2. The molecule has 15 heavy (non-hydrogen) atoms. The van der Waals surface area contributed by atoms with Gasteiger partial charge in [-0.1, -0.05) is 17.7 Å². The fourth-order valence-corrected chi connectivity index (χ4v) is 1.95. The van der Waals surface area contributed by atoms with Crippen LogP contribution < -0.4 is 0 Å². The van der Waals surface area contributed by atoms with Crippen LogP contribution in [0.5, 0.6) is 0 Å². The van der Waals surface area contributed by atoms with Crippen molar-refractivity contribution >= 4 is 0 Å². The molecule has 1 aliphatic carbocycles.